The maximum absolute atomic E-state index is 11.8. The van der Waals surface area contributed by atoms with Gasteiger partial charge < -0.3 is 14.9 Å². The van der Waals surface area contributed by atoms with Gasteiger partial charge in [-0.15, -0.1) is 0 Å². The fourth-order valence-corrected chi connectivity index (χ4v) is 2.71. The first-order chi connectivity index (χ1) is 8.06. The molecule has 1 saturated heterocycles. The molecule has 1 saturated carbocycles. The number of carbonyl (C=O) groups excluding carboxylic acids is 2. The molecule has 0 spiro atoms. The van der Waals surface area contributed by atoms with Crippen molar-refractivity contribution in [1.29, 1.82) is 0 Å². The third-order valence-electron chi connectivity index (χ3n) is 3.80. The molecule has 1 aliphatic carbocycles. The van der Waals surface area contributed by atoms with E-state index in [0.29, 0.717) is 26.2 Å². The molecule has 1 N–H and O–H groups in total. The van der Waals surface area contributed by atoms with Crippen molar-refractivity contribution < 1.29 is 14.7 Å². The predicted molar refractivity (Wildman–Crippen MR) is 62.3 cm³/mol. The largest absolute Gasteiger partial charge is 0.388 e. The van der Waals surface area contributed by atoms with Crippen LogP contribution in [0.1, 0.15) is 32.6 Å². The van der Waals surface area contributed by atoms with Crippen LogP contribution in [-0.2, 0) is 9.59 Å². The second-order valence-corrected chi connectivity index (χ2v) is 5.04. The number of rotatable bonds is 3. The van der Waals surface area contributed by atoms with Gasteiger partial charge in [-0.25, -0.2) is 0 Å². The molecule has 5 nitrogen and oxygen atoms in total. The standard InChI is InChI=1S/C12H20N2O3/c1-2-13-7-8-14(11(16)10(13)15)9-12(17)5-3-4-6-12/h17H,2-9H2,1H3. The van der Waals surface area contributed by atoms with Gasteiger partial charge in [-0.05, 0) is 19.8 Å². The lowest BCUT2D eigenvalue weighted by atomic mass is 10.0. The van der Waals surface area contributed by atoms with E-state index in [2.05, 4.69) is 0 Å². The Balaban J connectivity index is 1.99. The summed E-state index contributed by atoms with van der Waals surface area (Å²) in [6.07, 6.45) is 3.49. The summed E-state index contributed by atoms with van der Waals surface area (Å²) in [4.78, 5) is 26.6. The molecular formula is C12H20N2O3. The van der Waals surface area contributed by atoms with Gasteiger partial charge in [0.1, 0.15) is 0 Å². The van der Waals surface area contributed by atoms with Crippen LogP contribution in [0.5, 0.6) is 0 Å². The van der Waals surface area contributed by atoms with Crippen LogP contribution >= 0.6 is 0 Å². The van der Waals surface area contributed by atoms with Crippen LogP contribution in [-0.4, -0.2) is 58.5 Å². The Morgan fingerprint density at radius 2 is 1.65 bits per heavy atom. The number of nitrogens with zero attached hydrogens (tertiary/aromatic N) is 2. The minimum absolute atomic E-state index is 0.315. The predicted octanol–water partition coefficient (Wildman–Crippen LogP) is -0.0178. The number of carbonyl (C=O) groups is 2. The third kappa shape index (κ3) is 2.44. The summed E-state index contributed by atoms with van der Waals surface area (Å²) in [7, 11) is 0. The maximum Gasteiger partial charge on any atom is 0.312 e. The first-order valence-electron chi connectivity index (χ1n) is 6.36. The number of likely N-dealkylation sites (N-methyl/N-ethyl adjacent to an activating group) is 1. The van der Waals surface area contributed by atoms with Gasteiger partial charge in [-0.3, -0.25) is 9.59 Å². The van der Waals surface area contributed by atoms with Crippen molar-refractivity contribution in [1.82, 2.24) is 9.80 Å². The Morgan fingerprint density at radius 1 is 1.12 bits per heavy atom. The molecule has 0 aromatic heterocycles. The van der Waals surface area contributed by atoms with Crippen LogP contribution in [0.15, 0.2) is 0 Å². The topological polar surface area (TPSA) is 60.9 Å². The quantitative estimate of drug-likeness (QED) is 0.705. The summed E-state index contributed by atoms with van der Waals surface area (Å²) in [5.74, 6) is -0.890. The van der Waals surface area contributed by atoms with Gasteiger partial charge in [0.25, 0.3) is 0 Å². The normalized spacial score (nSPS) is 24.6. The number of β-amino-alcohol motifs (C(OH)–C–C–N with tert-alkyl or cyclic N) is 1. The first-order valence-corrected chi connectivity index (χ1v) is 6.36. The molecule has 17 heavy (non-hydrogen) atoms. The van der Waals surface area contributed by atoms with Gasteiger partial charge in [-0.2, -0.15) is 0 Å². The first kappa shape index (κ1) is 12.4. The molecule has 1 aliphatic heterocycles. The highest BCUT2D eigenvalue weighted by Gasteiger charge is 2.38. The molecule has 2 aliphatic rings. The summed E-state index contributed by atoms with van der Waals surface area (Å²) in [5.41, 5.74) is -0.760. The van der Waals surface area contributed by atoms with E-state index in [1.165, 1.54) is 4.90 Å². The minimum Gasteiger partial charge on any atom is -0.388 e. The third-order valence-corrected chi connectivity index (χ3v) is 3.80. The summed E-state index contributed by atoms with van der Waals surface area (Å²) >= 11 is 0. The van der Waals surface area contributed by atoms with E-state index in [0.717, 1.165) is 25.7 Å². The Kier molecular flexibility index (Phi) is 3.38. The Labute approximate surface area is 101 Å². The fraction of sp³-hybridized carbons (Fsp3) is 0.833. The summed E-state index contributed by atoms with van der Waals surface area (Å²) in [6.45, 7) is 3.88. The smallest absolute Gasteiger partial charge is 0.312 e. The number of aliphatic hydroxyl groups is 1. The average Bonchev–Trinajstić information content (AvgIpc) is 2.72. The van der Waals surface area contributed by atoms with Gasteiger partial charge >= 0.3 is 11.8 Å². The molecule has 0 atom stereocenters. The lowest BCUT2D eigenvalue weighted by Gasteiger charge is -2.37. The highest BCUT2D eigenvalue weighted by atomic mass is 16.3. The van der Waals surface area contributed by atoms with Crippen LogP contribution in [0.4, 0.5) is 0 Å². The summed E-state index contributed by atoms with van der Waals surface area (Å²) < 4.78 is 0. The van der Waals surface area contributed by atoms with Crippen LogP contribution < -0.4 is 0 Å². The van der Waals surface area contributed by atoms with Crippen molar-refractivity contribution in [2.75, 3.05) is 26.2 Å². The van der Waals surface area contributed by atoms with Gasteiger partial charge in [0, 0.05) is 26.2 Å². The molecule has 0 unspecified atom stereocenters. The molecule has 2 amide bonds. The molecule has 2 fully saturated rings. The summed E-state index contributed by atoms with van der Waals surface area (Å²) in [5, 5.41) is 10.3. The van der Waals surface area contributed by atoms with Crippen molar-refractivity contribution in [2.24, 2.45) is 0 Å². The number of hydrogen-bond donors (Lipinski definition) is 1. The minimum atomic E-state index is -0.760. The van der Waals surface area contributed by atoms with E-state index in [9.17, 15) is 14.7 Å². The van der Waals surface area contributed by atoms with Crippen LogP contribution in [0.3, 0.4) is 0 Å². The van der Waals surface area contributed by atoms with Gasteiger partial charge in [0.2, 0.25) is 0 Å². The van der Waals surface area contributed by atoms with E-state index < -0.39 is 17.4 Å². The number of piperazine rings is 1. The lowest BCUT2D eigenvalue weighted by molar-refractivity contribution is -0.158. The zero-order chi connectivity index (χ0) is 12.5. The maximum atomic E-state index is 11.8. The highest BCUT2D eigenvalue weighted by molar-refractivity contribution is 6.35. The van der Waals surface area contributed by atoms with E-state index in [-0.39, 0.29) is 0 Å². The van der Waals surface area contributed by atoms with Gasteiger partial charge in [0.05, 0.1) is 5.60 Å². The second kappa shape index (κ2) is 4.64. The van der Waals surface area contributed by atoms with Crippen molar-refractivity contribution in [3.8, 4) is 0 Å². The zero-order valence-electron chi connectivity index (χ0n) is 10.3. The van der Waals surface area contributed by atoms with E-state index in [4.69, 9.17) is 0 Å². The molecule has 96 valence electrons. The average molecular weight is 240 g/mol. The van der Waals surface area contributed by atoms with Crippen molar-refractivity contribution in [2.45, 2.75) is 38.2 Å². The lowest BCUT2D eigenvalue weighted by Crippen LogP contribution is -2.57. The monoisotopic (exact) mass is 240 g/mol. The molecule has 0 radical (unpaired) electrons. The highest BCUT2D eigenvalue weighted by Crippen LogP contribution is 2.30. The molecule has 5 heteroatoms. The summed E-state index contributed by atoms with van der Waals surface area (Å²) in [6, 6.07) is 0. The Hall–Kier alpha value is -1.10. The van der Waals surface area contributed by atoms with Crippen LogP contribution in [0.25, 0.3) is 0 Å². The molecular weight excluding hydrogens is 220 g/mol. The van der Waals surface area contributed by atoms with Crippen LogP contribution in [0, 0.1) is 0 Å². The molecule has 0 aromatic carbocycles. The molecule has 0 bridgehead atoms. The second-order valence-electron chi connectivity index (χ2n) is 5.04. The number of amides is 2. The Morgan fingerprint density at radius 3 is 2.24 bits per heavy atom. The SMILES string of the molecule is CCN1CCN(CC2(O)CCCC2)C(=O)C1=O. The van der Waals surface area contributed by atoms with E-state index in [1.54, 1.807) is 4.90 Å². The van der Waals surface area contributed by atoms with E-state index in [1.807, 2.05) is 6.92 Å². The zero-order valence-corrected chi connectivity index (χ0v) is 10.3. The van der Waals surface area contributed by atoms with E-state index >= 15 is 0 Å². The fourth-order valence-electron chi connectivity index (χ4n) is 2.71. The molecule has 0 aromatic rings. The molecule has 2 rings (SSSR count). The van der Waals surface area contributed by atoms with Crippen molar-refractivity contribution in [3.63, 3.8) is 0 Å². The van der Waals surface area contributed by atoms with Crippen molar-refractivity contribution >= 4 is 11.8 Å². The van der Waals surface area contributed by atoms with Crippen molar-refractivity contribution in [3.05, 3.63) is 0 Å². The number of hydrogen-bond acceptors (Lipinski definition) is 3. The van der Waals surface area contributed by atoms with Gasteiger partial charge in [-0.1, -0.05) is 12.8 Å². The van der Waals surface area contributed by atoms with Gasteiger partial charge in [0.15, 0.2) is 0 Å². The van der Waals surface area contributed by atoms with Crippen LogP contribution in [0.2, 0.25) is 0 Å². The Bertz CT molecular complexity index is 324. The molecule has 1 heterocycles.